The highest BCUT2D eigenvalue weighted by atomic mass is 16.5. The Morgan fingerprint density at radius 2 is 1.85 bits per heavy atom. The van der Waals surface area contributed by atoms with Gasteiger partial charge in [0.25, 0.3) is 0 Å². The minimum absolute atomic E-state index is 0.309. The van der Waals surface area contributed by atoms with E-state index < -0.39 is 17.5 Å². The van der Waals surface area contributed by atoms with Gasteiger partial charge in [-0.3, -0.25) is 4.79 Å². The summed E-state index contributed by atoms with van der Waals surface area (Å²) in [4.78, 5) is 11.5. The molecular weight excluding hydrogens is 260 g/mol. The Kier molecular flexibility index (Phi) is 5.39. The lowest BCUT2D eigenvalue weighted by Gasteiger charge is -2.28. The number of esters is 1. The van der Waals surface area contributed by atoms with Gasteiger partial charge in [0.05, 0.1) is 32.8 Å². The fourth-order valence-corrected chi connectivity index (χ4v) is 1.99. The number of carbonyl (C=O) groups excluding carboxylic acids is 1. The Balaban J connectivity index is 2.94. The minimum Gasteiger partial charge on any atom is -0.493 e. The number of methoxy groups -OCH3 is 3. The van der Waals surface area contributed by atoms with Gasteiger partial charge in [-0.1, -0.05) is 6.07 Å². The quantitative estimate of drug-likeness (QED) is 0.806. The molecule has 0 spiro atoms. The van der Waals surface area contributed by atoms with Gasteiger partial charge >= 0.3 is 5.97 Å². The van der Waals surface area contributed by atoms with E-state index in [-0.39, 0.29) is 0 Å². The molecule has 2 unspecified atom stereocenters. The van der Waals surface area contributed by atoms with Crippen LogP contribution in [0.5, 0.6) is 11.5 Å². The zero-order chi connectivity index (χ0) is 15.3. The summed E-state index contributed by atoms with van der Waals surface area (Å²) in [5, 5.41) is 10.5. The molecule has 1 aromatic rings. The highest BCUT2D eigenvalue weighted by molar-refractivity contribution is 5.73. The highest BCUT2D eigenvalue weighted by Gasteiger charge is 2.34. The first-order valence-electron chi connectivity index (χ1n) is 6.36. The number of hydrogen-bond donors (Lipinski definition) is 1. The molecular formula is C15H22O5. The van der Waals surface area contributed by atoms with E-state index >= 15 is 0 Å². The van der Waals surface area contributed by atoms with Gasteiger partial charge in [-0.25, -0.2) is 0 Å². The lowest BCUT2D eigenvalue weighted by molar-refractivity contribution is -0.153. The molecule has 0 saturated heterocycles. The van der Waals surface area contributed by atoms with Gasteiger partial charge in [-0.05, 0) is 31.5 Å². The summed E-state index contributed by atoms with van der Waals surface area (Å²) in [6.07, 6.45) is 0.309. The third kappa shape index (κ3) is 3.63. The normalized spacial score (nSPS) is 15.1. The van der Waals surface area contributed by atoms with E-state index in [1.165, 1.54) is 7.11 Å². The SMILES string of the molecule is COC(=O)C(C)C(C)(O)Cc1ccc(OC)c(OC)c1. The molecule has 0 radical (unpaired) electrons. The Bertz CT molecular complexity index is 467. The van der Waals surface area contributed by atoms with Crippen molar-refractivity contribution in [3.05, 3.63) is 23.8 Å². The Morgan fingerprint density at radius 1 is 1.25 bits per heavy atom. The molecule has 1 N–H and O–H groups in total. The summed E-state index contributed by atoms with van der Waals surface area (Å²) < 4.78 is 15.1. The van der Waals surface area contributed by atoms with Crippen LogP contribution in [0.3, 0.4) is 0 Å². The van der Waals surface area contributed by atoms with Crippen LogP contribution < -0.4 is 9.47 Å². The van der Waals surface area contributed by atoms with Crippen LogP contribution in [0.2, 0.25) is 0 Å². The van der Waals surface area contributed by atoms with Crippen molar-refractivity contribution >= 4 is 5.97 Å². The smallest absolute Gasteiger partial charge is 0.311 e. The molecule has 20 heavy (non-hydrogen) atoms. The van der Waals surface area contributed by atoms with Gasteiger partial charge in [0.15, 0.2) is 11.5 Å². The zero-order valence-corrected chi connectivity index (χ0v) is 12.6. The second-order valence-electron chi connectivity index (χ2n) is 4.97. The number of benzene rings is 1. The molecule has 0 saturated carbocycles. The maximum atomic E-state index is 11.5. The van der Waals surface area contributed by atoms with Gasteiger partial charge < -0.3 is 19.3 Å². The standard InChI is InChI=1S/C15H22O5/c1-10(14(16)20-5)15(2,17)9-11-6-7-12(18-3)13(8-11)19-4/h6-8,10,17H,9H2,1-5H3. The Labute approximate surface area is 119 Å². The first-order chi connectivity index (χ1) is 9.35. The molecule has 0 aromatic heterocycles. The molecule has 0 amide bonds. The molecule has 1 aromatic carbocycles. The molecule has 0 aliphatic heterocycles. The van der Waals surface area contributed by atoms with Crippen molar-refractivity contribution in [1.82, 2.24) is 0 Å². The van der Waals surface area contributed by atoms with Crippen LogP contribution in [0.4, 0.5) is 0 Å². The summed E-state index contributed by atoms with van der Waals surface area (Å²) in [7, 11) is 4.43. The predicted molar refractivity (Wildman–Crippen MR) is 75.1 cm³/mol. The molecule has 2 atom stereocenters. The van der Waals surface area contributed by atoms with Crippen molar-refractivity contribution in [2.75, 3.05) is 21.3 Å². The number of rotatable bonds is 6. The first-order valence-corrected chi connectivity index (χ1v) is 6.36. The predicted octanol–water partition coefficient (Wildman–Crippen LogP) is 1.81. The van der Waals surface area contributed by atoms with Crippen molar-refractivity contribution in [3.63, 3.8) is 0 Å². The molecule has 0 aliphatic rings. The number of ether oxygens (including phenoxy) is 3. The van der Waals surface area contributed by atoms with Crippen LogP contribution in [0.15, 0.2) is 18.2 Å². The molecule has 0 aliphatic carbocycles. The average molecular weight is 282 g/mol. The zero-order valence-electron chi connectivity index (χ0n) is 12.6. The molecule has 0 bridgehead atoms. The van der Waals surface area contributed by atoms with Crippen molar-refractivity contribution in [1.29, 1.82) is 0 Å². The molecule has 0 heterocycles. The summed E-state index contributed by atoms with van der Waals surface area (Å²) >= 11 is 0. The molecule has 112 valence electrons. The second kappa shape index (κ2) is 6.61. The van der Waals surface area contributed by atoms with Crippen LogP contribution in [-0.2, 0) is 16.0 Å². The molecule has 0 fully saturated rings. The first kappa shape index (κ1) is 16.3. The monoisotopic (exact) mass is 282 g/mol. The maximum Gasteiger partial charge on any atom is 0.311 e. The third-order valence-corrected chi connectivity index (χ3v) is 3.50. The minimum atomic E-state index is -1.20. The van der Waals surface area contributed by atoms with Crippen LogP contribution in [0.25, 0.3) is 0 Å². The number of hydrogen-bond acceptors (Lipinski definition) is 5. The van der Waals surface area contributed by atoms with Crippen molar-refractivity contribution in [2.24, 2.45) is 5.92 Å². The van der Waals surface area contributed by atoms with Gasteiger partial charge in [0, 0.05) is 6.42 Å². The summed E-state index contributed by atoms with van der Waals surface area (Å²) in [5.41, 5.74) is -0.351. The summed E-state index contributed by atoms with van der Waals surface area (Å²) in [6, 6.07) is 5.39. The highest BCUT2D eigenvalue weighted by Crippen LogP contribution is 2.30. The van der Waals surface area contributed by atoms with Crippen molar-refractivity contribution < 1.29 is 24.1 Å². The fraction of sp³-hybridized carbons (Fsp3) is 0.533. The van der Waals surface area contributed by atoms with E-state index in [2.05, 4.69) is 4.74 Å². The average Bonchev–Trinajstić information content (AvgIpc) is 2.44. The second-order valence-corrected chi connectivity index (χ2v) is 4.97. The van der Waals surface area contributed by atoms with E-state index in [1.807, 2.05) is 6.07 Å². The molecule has 5 heteroatoms. The largest absolute Gasteiger partial charge is 0.493 e. The van der Waals surface area contributed by atoms with E-state index in [0.717, 1.165) is 5.56 Å². The van der Waals surface area contributed by atoms with E-state index in [0.29, 0.717) is 17.9 Å². The van der Waals surface area contributed by atoms with Gasteiger partial charge in [0.1, 0.15) is 0 Å². The Morgan fingerprint density at radius 3 is 2.35 bits per heavy atom. The lowest BCUT2D eigenvalue weighted by Crippen LogP contribution is -2.40. The molecule has 5 nitrogen and oxygen atoms in total. The number of carbonyl (C=O) groups is 1. The van der Waals surface area contributed by atoms with Crippen LogP contribution in [-0.4, -0.2) is 38.0 Å². The van der Waals surface area contributed by atoms with Gasteiger partial charge in [0.2, 0.25) is 0 Å². The van der Waals surface area contributed by atoms with Crippen LogP contribution >= 0.6 is 0 Å². The van der Waals surface area contributed by atoms with Crippen LogP contribution in [0.1, 0.15) is 19.4 Å². The van der Waals surface area contributed by atoms with E-state index in [9.17, 15) is 9.90 Å². The van der Waals surface area contributed by atoms with E-state index in [4.69, 9.17) is 9.47 Å². The fourth-order valence-electron chi connectivity index (χ4n) is 1.99. The Hall–Kier alpha value is -1.75. The topological polar surface area (TPSA) is 65.0 Å². The summed E-state index contributed by atoms with van der Waals surface area (Å²) in [5.74, 6) is 0.152. The van der Waals surface area contributed by atoms with Gasteiger partial charge in [-0.2, -0.15) is 0 Å². The molecule has 1 rings (SSSR count). The van der Waals surface area contributed by atoms with Gasteiger partial charge in [-0.15, -0.1) is 0 Å². The third-order valence-electron chi connectivity index (χ3n) is 3.50. The maximum absolute atomic E-state index is 11.5. The van der Waals surface area contributed by atoms with Crippen molar-refractivity contribution in [3.8, 4) is 11.5 Å². The lowest BCUT2D eigenvalue weighted by atomic mass is 9.85. The van der Waals surface area contributed by atoms with E-state index in [1.54, 1.807) is 40.2 Å². The number of aliphatic hydroxyl groups is 1. The van der Waals surface area contributed by atoms with Crippen LogP contribution in [0, 0.1) is 5.92 Å². The summed E-state index contributed by atoms with van der Waals surface area (Å²) in [6.45, 7) is 3.26. The van der Waals surface area contributed by atoms with Crippen molar-refractivity contribution in [2.45, 2.75) is 25.9 Å².